The van der Waals surface area contributed by atoms with Crippen molar-refractivity contribution in [3.63, 3.8) is 0 Å². The number of carbonyl (C=O) groups is 1. The van der Waals surface area contributed by atoms with Crippen LogP contribution in [0.4, 0.5) is 13.2 Å². The molecule has 0 saturated heterocycles. The molecule has 0 heterocycles. The standard InChI is InChI=1S/C9H14F3NO2/c1-13-8(14)6-2-4-7(5-3-6)15-9(10,11)12/h6-7H,2-5H2,1H3,(H,13,14). The molecule has 1 amide bonds. The van der Waals surface area contributed by atoms with Crippen molar-refractivity contribution in [2.24, 2.45) is 5.92 Å². The quantitative estimate of drug-likeness (QED) is 0.778. The van der Waals surface area contributed by atoms with E-state index in [1.807, 2.05) is 0 Å². The monoisotopic (exact) mass is 225 g/mol. The Morgan fingerprint density at radius 1 is 1.27 bits per heavy atom. The maximum Gasteiger partial charge on any atom is 0.522 e. The highest BCUT2D eigenvalue weighted by Crippen LogP contribution is 2.30. The first kappa shape index (κ1) is 12.3. The summed E-state index contributed by atoms with van der Waals surface area (Å²) in [5, 5.41) is 2.50. The van der Waals surface area contributed by atoms with Gasteiger partial charge < -0.3 is 5.32 Å². The molecule has 0 unspecified atom stereocenters. The third-order valence-electron chi connectivity index (χ3n) is 2.59. The largest absolute Gasteiger partial charge is 0.522 e. The molecule has 3 nitrogen and oxygen atoms in total. The number of ether oxygens (including phenoxy) is 1. The van der Waals surface area contributed by atoms with Crippen LogP contribution in [0.5, 0.6) is 0 Å². The zero-order valence-corrected chi connectivity index (χ0v) is 8.43. The molecule has 0 aromatic heterocycles. The molecule has 0 bridgehead atoms. The Morgan fingerprint density at radius 3 is 2.20 bits per heavy atom. The highest BCUT2D eigenvalue weighted by atomic mass is 19.4. The second-order valence-electron chi connectivity index (χ2n) is 3.65. The number of amides is 1. The lowest BCUT2D eigenvalue weighted by atomic mass is 9.87. The van der Waals surface area contributed by atoms with E-state index in [0.29, 0.717) is 12.8 Å². The molecule has 0 aromatic rings. The second-order valence-corrected chi connectivity index (χ2v) is 3.65. The Hall–Kier alpha value is -0.780. The summed E-state index contributed by atoms with van der Waals surface area (Å²) in [6.07, 6.45) is -3.86. The number of carbonyl (C=O) groups excluding carboxylic acids is 1. The van der Waals surface area contributed by atoms with E-state index in [2.05, 4.69) is 10.1 Å². The Balaban J connectivity index is 2.33. The molecule has 0 aliphatic heterocycles. The first-order chi connectivity index (χ1) is 6.92. The molecule has 88 valence electrons. The van der Waals surface area contributed by atoms with Crippen LogP contribution in [0.25, 0.3) is 0 Å². The van der Waals surface area contributed by atoms with Crippen LogP contribution in [-0.2, 0) is 9.53 Å². The number of nitrogens with one attached hydrogen (secondary N) is 1. The number of rotatable bonds is 2. The van der Waals surface area contributed by atoms with Crippen LogP contribution >= 0.6 is 0 Å². The average molecular weight is 225 g/mol. The minimum atomic E-state index is -4.56. The first-order valence-corrected chi connectivity index (χ1v) is 4.88. The van der Waals surface area contributed by atoms with Crippen molar-refractivity contribution in [1.29, 1.82) is 0 Å². The van der Waals surface area contributed by atoms with Gasteiger partial charge in [0.2, 0.25) is 5.91 Å². The normalized spacial score (nSPS) is 27.5. The van der Waals surface area contributed by atoms with Crippen LogP contribution in [-0.4, -0.2) is 25.4 Å². The van der Waals surface area contributed by atoms with E-state index in [0.717, 1.165) is 0 Å². The summed E-state index contributed by atoms with van der Waals surface area (Å²) in [4.78, 5) is 11.2. The summed E-state index contributed by atoms with van der Waals surface area (Å²) in [7, 11) is 1.53. The van der Waals surface area contributed by atoms with Gasteiger partial charge in [0.1, 0.15) is 0 Å². The first-order valence-electron chi connectivity index (χ1n) is 4.88. The van der Waals surface area contributed by atoms with Crippen molar-refractivity contribution >= 4 is 5.91 Å². The minimum Gasteiger partial charge on any atom is -0.359 e. The van der Waals surface area contributed by atoms with Crippen LogP contribution in [0.15, 0.2) is 0 Å². The van der Waals surface area contributed by atoms with Gasteiger partial charge in [-0.3, -0.25) is 9.53 Å². The number of hydrogen-bond acceptors (Lipinski definition) is 2. The third kappa shape index (κ3) is 4.07. The fourth-order valence-corrected chi connectivity index (χ4v) is 1.84. The lowest BCUT2D eigenvalue weighted by Crippen LogP contribution is -2.34. The predicted molar refractivity (Wildman–Crippen MR) is 47.0 cm³/mol. The SMILES string of the molecule is CNC(=O)C1CCC(OC(F)(F)F)CC1. The summed E-state index contributed by atoms with van der Waals surface area (Å²) in [5.41, 5.74) is 0. The summed E-state index contributed by atoms with van der Waals surface area (Å²) < 4.78 is 39.5. The number of hydrogen-bond donors (Lipinski definition) is 1. The van der Waals surface area contributed by atoms with E-state index in [1.54, 1.807) is 0 Å². The molecule has 1 aliphatic carbocycles. The van der Waals surface area contributed by atoms with Crippen molar-refractivity contribution in [1.82, 2.24) is 5.32 Å². The highest BCUT2D eigenvalue weighted by Gasteiger charge is 2.36. The zero-order valence-electron chi connectivity index (χ0n) is 8.43. The van der Waals surface area contributed by atoms with E-state index >= 15 is 0 Å². The van der Waals surface area contributed by atoms with Crippen LogP contribution in [0.1, 0.15) is 25.7 Å². The summed E-state index contributed by atoms with van der Waals surface area (Å²) in [6, 6.07) is 0. The molecule has 0 radical (unpaired) electrons. The topological polar surface area (TPSA) is 38.3 Å². The maximum absolute atomic E-state index is 11.9. The van der Waals surface area contributed by atoms with Crippen molar-refractivity contribution in [3.8, 4) is 0 Å². The molecule has 0 aromatic carbocycles. The Kier molecular flexibility index (Phi) is 3.96. The highest BCUT2D eigenvalue weighted by molar-refractivity contribution is 5.78. The second kappa shape index (κ2) is 4.83. The van der Waals surface area contributed by atoms with E-state index in [9.17, 15) is 18.0 Å². The lowest BCUT2D eigenvalue weighted by molar-refractivity contribution is -0.345. The zero-order chi connectivity index (χ0) is 11.5. The van der Waals surface area contributed by atoms with Crippen LogP contribution in [0.3, 0.4) is 0 Å². The van der Waals surface area contributed by atoms with Gasteiger partial charge in [0.05, 0.1) is 6.10 Å². The van der Waals surface area contributed by atoms with Crippen LogP contribution in [0, 0.1) is 5.92 Å². The molecule has 0 atom stereocenters. The van der Waals surface area contributed by atoms with Gasteiger partial charge in [0.15, 0.2) is 0 Å². The smallest absolute Gasteiger partial charge is 0.359 e. The van der Waals surface area contributed by atoms with E-state index in [1.165, 1.54) is 7.05 Å². The van der Waals surface area contributed by atoms with E-state index < -0.39 is 12.5 Å². The number of alkyl halides is 3. The Morgan fingerprint density at radius 2 is 1.80 bits per heavy atom. The summed E-state index contributed by atoms with van der Waals surface area (Å²) in [5.74, 6) is -0.261. The van der Waals surface area contributed by atoms with Crippen LogP contribution in [0.2, 0.25) is 0 Å². The van der Waals surface area contributed by atoms with Gasteiger partial charge >= 0.3 is 6.36 Å². The molecular formula is C9H14F3NO2. The molecule has 6 heteroatoms. The van der Waals surface area contributed by atoms with Gasteiger partial charge in [0, 0.05) is 13.0 Å². The third-order valence-corrected chi connectivity index (χ3v) is 2.59. The average Bonchev–Trinajstić information content (AvgIpc) is 2.15. The predicted octanol–water partition coefficient (Wildman–Crippen LogP) is 1.83. The van der Waals surface area contributed by atoms with Gasteiger partial charge in [-0.25, -0.2) is 0 Å². The molecule has 1 fully saturated rings. The Bertz CT molecular complexity index is 222. The van der Waals surface area contributed by atoms with Gasteiger partial charge in [-0.2, -0.15) is 0 Å². The fourth-order valence-electron chi connectivity index (χ4n) is 1.84. The molecule has 1 N–H and O–H groups in total. The minimum absolute atomic E-state index is 0.0968. The molecule has 15 heavy (non-hydrogen) atoms. The maximum atomic E-state index is 11.9. The summed E-state index contributed by atoms with van der Waals surface area (Å²) in [6.45, 7) is 0. The molecular weight excluding hydrogens is 211 g/mol. The van der Waals surface area contributed by atoms with Gasteiger partial charge in [-0.05, 0) is 25.7 Å². The van der Waals surface area contributed by atoms with Gasteiger partial charge in [-0.15, -0.1) is 13.2 Å². The van der Waals surface area contributed by atoms with Crippen molar-refractivity contribution < 1.29 is 22.7 Å². The molecule has 1 saturated carbocycles. The summed E-state index contributed by atoms with van der Waals surface area (Å²) >= 11 is 0. The fraction of sp³-hybridized carbons (Fsp3) is 0.889. The molecule has 1 aliphatic rings. The van der Waals surface area contributed by atoms with Crippen LogP contribution < -0.4 is 5.32 Å². The Labute approximate surface area is 86.0 Å². The number of halogens is 3. The lowest BCUT2D eigenvalue weighted by Gasteiger charge is -2.27. The van der Waals surface area contributed by atoms with Crippen molar-refractivity contribution in [2.75, 3.05) is 7.05 Å². The van der Waals surface area contributed by atoms with E-state index in [-0.39, 0.29) is 24.7 Å². The van der Waals surface area contributed by atoms with Crippen molar-refractivity contribution in [3.05, 3.63) is 0 Å². The molecule has 1 rings (SSSR count). The molecule has 0 spiro atoms. The van der Waals surface area contributed by atoms with Crippen molar-refractivity contribution in [2.45, 2.75) is 38.1 Å². The van der Waals surface area contributed by atoms with Gasteiger partial charge in [0.25, 0.3) is 0 Å². The van der Waals surface area contributed by atoms with Gasteiger partial charge in [-0.1, -0.05) is 0 Å². The van der Waals surface area contributed by atoms with E-state index in [4.69, 9.17) is 0 Å².